The quantitative estimate of drug-likeness (QED) is 0.766. The van der Waals surface area contributed by atoms with Gasteiger partial charge in [0.05, 0.1) is 5.56 Å². The van der Waals surface area contributed by atoms with Crippen LogP contribution < -0.4 is 4.74 Å². The van der Waals surface area contributed by atoms with E-state index < -0.39 is 0 Å². The molecule has 0 unspecified atom stereocenters. The predicted octanol–water partition coefficient (Wildman–Crippen LogP) is 3.58. The lowest BCUT2D eigenvalue weighted by molar-refractivity contribution is 0.0961. The largest absolute Gasteiger partial charge is 0.484 e. The van der Waals surface area contributed by atoms with E-state index in [2.05, 4.69) is 0 Å². The Morgan fingerprint density at radius 3 is 2.65 bits per heavy atom. The highest BCUT2D eigenvalue weighted by molar-refractivity contribution is 6.30. The van der Waals surface area contributed by atoms with Gasteiger partial charge in [0.15, 0.2) is 6.61 Å². The molecule has 84 valence electrons. The molecule has 0 radical (unpaired) electrons. The molecule has 1 aliphatic rings. The number of rotatable bonds is 1. The monoisotopic (exact) mass is 244 g/mol. The van der Waals surface area contributed by atoms with Crippen molar-refractivity contribution in [3.63, 3.8) is 0 Å². The number of hydrogen-bond acceptors (Lipinski definition) is 2. The van der Waals surface area contributed by atoms with Crippen LogP contribution in [0.1, 0.15) is 10.4 Å². The first-order chi connectivity index (χ1) is 8.25. The summed E-state index contributed by atoms with van der Waals surface area (Å²) in [6, 6.07) is 13.1. The Labute approximate surface area is 104 Å². The first-order valence-corrected chi connectivity index (χ1v) is 5.68. The summed E-state index contributed by atoms with van der Waals surface area (Å²) in [6.45, 7) is 0.132. The number of halogens is 1. The molecule has 17 heavy (non-hydrogen) atoms. The second kappa shape index (κ2) is 3.90. The van der Waals surface area contributed by atoms with Gasteiger partial charge in [0.25, 0.3) is 0 Å². The summed E-state index contributed by atoms with van der Waals surface area (Å²) in [5, 5.41) is 0.671. The Balaban J connectivity index is 2.20. The van der Waals surface area contributed by atoms with Gasteiger partial charge in [-0.05, 0) is 23.8 Å². The van der Waals surface area contributed by atoms with E-state index in [0.29, 0.717) is 16.3 Å². The van der Waals surface area contributed by atoms with E-state index in [1.807, 2.05) is 36.4 Å². The Bertz CT molecular complexity index is 605. The van der Waals surface area contributed by atoms with E-state index in [9.17, 15) is 4.79 Å². The van der Waals surface area contributed by atoms with Gasteiger partial charge < -0.3 is 4.74 Å². The first-order valence-electron chi connectivity index (χ1n) is 5.30. The van der Waals surface area contributed by atoms with Crippen molar-refractivity contribution in [3.05, 3.63) is 53.1 Å². The van der Waals surface area contributed by atoms with E-state index in [1.54, 1.807) is 6.07 Å². The molecule has 0 spiro atoms. The van der Waals surface area contributed by atoms with Crippen molar-refractivity contribution in [1.82, 2.24) is 0 Å². The van der Waals surface area contributed by atoms with E-state index in [4.69, 9.17) is 16.3 Å². The molecule has 0 aromatic heterocycles. The maximum Gasteiger partial charge on any atom is 0.203 e. The van der Waals surface area contributed by atoms with E-state index in [-0.39, 0.29) is 12.4 Å². The van der Waals surface area contributed by atoms with Crippen molar-refractivity contribution in [2.75, 3.05) is 6.61 Å². The SMILES string of the molecule is O=C1COc2c1cccc2-c1cccc(Cl)c1. The van der Waals surface area contributed by atoms with Gasteiger partial charge >= 0.3 is 0 Å². The van der Waals surface area contributed by atoms with Crippen molar-refractivity contribution in [3.8, 4) is 16.9 Å². The molecule has 3 heteroatoms. The molecule has 0 N–H and O–H groups in total. The Kier molecular flexibility index (Phi) is 2.37. The van der Waals surface area contributed by atoms with Gasteiger partial charge in [-0.25, -0.2) is 0 Å². The van der Waals surface area contributed by atoms with Gasteiger partial charge in [0, 0.05) is 10.6 Å². The first kappa shape index (κ1) is 10.4. The minimum absolute atomic E-state index is 0.0314. The Morgan fingerprint density at radius 2 is 1.82 bits per heavy atom. The summed E-state index contributed by atoms with van der Waals surface area (Å²) in [7, 11) is 0. The van der Waals surface area contributed by atoms with Gasteiger partial charge in [-0.2, -0.15) is 0 Å². The number of carbonyl (C=O) groups is 1. The molecule has 3 rings (SSSR count). The van der Waals surface area contributed by atoms with Gasteiger partial charge in [-0.3, -0.25) is 4.79 Å². The summed E-state index contributed by atoms with van der Waals surface area (Å²) in [5.41, 5.74) is 2.53. The van der Waals surface area contributed by atoms with Gasteiger partial charge in [-0.1, -0.05) is 35.9 Å². The molecular formula is C14H9ClO2. The van der Waals surface area contributed by atoms with Crippen molar-refractivity contribution < 1.29 is 9.53 Å². The van der Waals surface area contributed by atoms with Crippen LogP contribution in [0.5, 0.6) is 5.75 Å². The second-order valence-corrected chi connectivity index (χ2v) is 4.34. The van der Waals surface area contributed by atoms with E-state index in [0.717, 1.165) is 11.1 Å². The third-order valence-corrected chi connectivity index (χ3v) is 3.03. The fraction of sp³-hybridized carbons (Fsp3) is 0.0714. The molecule has 0 saturated heterocycles. The van der Waals surface area contributed by atoms with Crippen LogP contribution in [0.15, 0.2) is 42.5 Å². The summed E-state index contributed by atoms with van der Waals surface area (Å²) in [6.07, 6.45) is 0. The molecule has 1 heterocycles. The van der Waals surface area contributed by atoms with Crippen LogP contribution in [0.3, 0.4) is 0 Å². The highest BCUT2D eigenvalue weighted by Crippen LogP contribution is 2.37. The average molecular weight is 245 g/mol. The maximum atomic E-state index is 11.6. The second-order valence-electron chi connectivity index (χ2n) is 3.90. The average Bonchev–Trinajstić information content (AvgIpc) is 2.71. The molecule has 0 atom stereocenters. The highest BCUT2D eigenvalue weighted by Gasteiger charge is 2.23. The number of Topliss-reactive ketones (excluding diaryl/α,β-unsaturated/α-hetero) is 1. The molecule has 0 aliphatic carbocycles. The van der Waals surface area contributed by atoms with Crippen LogP contribution >= 0.6 is 11.6 Å². The van der Waals surface area contributed by atoms with Crippen molar-refractivity contribution in [1.29, 1.82) is 0 Å². The molecule has 2 aromatic rings. The van der Waals surface area contributed by atoms with Crippen LogP contribution in [0.25, 0.3) is 11.1 Å². The topological polar surface area (TPSA) is 26.3 Å². The molecule has 1 aliphatic heterocycles. The van der Waals surface area contributed by atoms with Gasteiger partial charge in [0.2, 0.25) is 5.78 Å². The lowest BCUT2D eigenvalue weighted by Gasteiger charge is -2.07. The van der Waals surface area contributed by atoms with Crippen LogP contribution in [0.2, 0.25) is 5.02 Å². The minimum atomic E-state index is 0.0314. The molecule has 2 aromatic carbocycles. The van der Waals surface area contributed by atoms with Gasteiger partial charge in [0.1, 0.15) is 5.75 Å². The number of hydrogen-bond donors (Lipinski definition) is 0. The zero-order valence-corrected chi connectivity index (χ0v) is 9.70. The normalized spacial score (nSPS) is 13.4. The number of fused-ring (bicyclic) bond motifs is 1. The third kappa shape index (κ3) is 1.71. The highest BCUT2D eigenvalue weighted by atomic mass is 35.5. The number of para-hydroxylation sites is 1. The minimum Gasteiger partial charge on any atom is -0.484 e. The number of ketones is 1. The molecule has 0 saturated carbocycles. The van der Waals surface area contributed by atoms with Crippen molar-refractivity contribution in [2.45, 2.75) is 0 Å². The third-order valence-electron chi connectivity index (χ3n) is 2.80. The lowest BCUT2D eigenvalue weighted by atomic mass is 10.0. The molecule has 0 bridgehead atoms. The Hall–Kier alpha value is -1.80. The molecular weight excluding hydrogens is 236 g/mol. The summed E-state index contributed by atoms with van der Waals surface area (Å²) < 4.78 is 5.44. The van der Waals surface area contributed by atoms with E-state index in [1.165, 1.54) is 0 Å². The van der Waals surface area contributed by atoms with Crippen LogP contribution in [-0.4, -0.2) is 12.4 Å². The molecule has 0 fully saturated rings. The summed E-state index contributed by atoms with van der Waals surface area (Å²) in [4.78, 5) is 11.6. The van der Waals surface area contributed by atoms with Crippen molar-refractivity contribution in [2.24, 2.45) is 0 Å². The number of ether oxygens (including phenoxy) is 1. The summed E-state index contributed by atoms with van der Waals surface area (Å²) >= 11 is 5.97. The van der Waals surface area contributed by atoms with Crippen LogP contribution in [0, 0.1) is 0 Å². The number of carbonyl (C=O) groups excluding carboxylic acids is 1. The predicted molar refractivity (Wildman–Crippen MR) is 66.7 cm³/mol. The van der Waals surface area contributed by atoms with E-state index >= 15 is 0 Å². The number of benzene rings is 2. The Morgan fingerprint density at radius 1 is 1.06 bits per heavy atom. The van der Waals surface area contributed by atoms with Crippen LogP contribution in [0.4, 0.5) is 0 Å². The molecule has 0 amide bonds. The zero-order chi connectivity index (χ0) is 11.8. The molecule has 2 nitrogen and oxygen atoms in total. The van der Waals surface area contributed by atoms with Crippen LogP contribution in [-0.2, 0) is 0 Å². The maximum absolute atomic E-state index is 11.6. The summed E-state index contributed by atoms with van der Waals surface area (Å²) in [5.74, 6) is 0.698. The standard InChI is InChI=1S/C14H9ClO2/c15-10-4-1-3-9(7-10)11-5-2-6-12-13(16)8-17-14(11)12/h1-7H,8H2. The fourth-order valence-corrected chi connectivity index (χ4v) is 2.20. The van der Waals surface area contributed by atoms with Crippen molar-refractivity contribution >= 4 is 17.4 Å². The smallest absolute Gasteiger partial charge is 0.203 e. The fourth-order valence-electron chi connectivity index (χ4n) is 2.01. The lowest BCUT2D eigenvalue weighted by Crippen LogP contribution is -1.98. The zero-order valence-electron chi connectivity index (χ0n) is 8.94. The van der Waals surface area contributed by atoms with Gasteiger partial charge in [-0.15, -0.1) is 0 Å².